The summed E-state index contributed by atoms with van der Waals surface area (Å²) in [6.07, 6.45) is 0.838. The average molecular weight is 320 g/mol. The Morgan fingerprint density at radius 3 is 2.78 bits per heavy atom. The number of fused-ring (bicyclic) bond motifs is 1. The molecule has 0 spiro atoms. The molecule has 1 atom stereocenters. The monoisotopic (exact) mass is 320 g/mol. The Balaban J connectivity index is 2.19. The molecule has 0 saturated carbocycles. The smallest absolute Gasteiger partial charge is 0.435 e. The van der Waals surface area contributed by atoms with Gasteiger partial charge < -0.3 is 15.4 Å². The Morgan fingerprint density at radius 2 is 2.13 bits per heavy atom. The lowest BCUT2D eigenvalue weighted by Crippen LogP contribution is -2.35. The number of carbonyl (C=O) groups is 2. The summed E-state index contributed by atoms with van der Waals surface area (Å²) in [4.78, 5) is 28.3. The summed E-state index contributed by atoms with van der Waals surface area (Å²) in [6, 6.07) is 2.71. The second kappa shape index (κ2) is 6.33. The first-order chi connectivity index (χ1) is 11.2. The molecule has 8 nitrogen and oxygen atoms in total. The van der Waals surface area contributed by atoms with Gasteiger partial charge in [0.1, 0.15) is 16.9 Å². The van der Waals surface area contributed by atoms with Gasteiger partial charge in [0.05, 0.1) is 17.8 Å². The summed E-state index contributed by atoms with van der Waals surface area (Å²) in [5.41, 5.74) is 0.317. The van der Waals surface area contributed by atoms with E-state index in [1.807, 2.05) is 0 Å². The van der Waals surface area contributed by atoms with E-state index >= 15 is 0 Å². The van der Waals surface area contributed by atoms with Crippen molar-refractivity contribution < 1.29 is 15.7 Å². The maximum Gasteiger partial charge on any atom is 0.435 e. The van der Waals surface area contributed by atoms with Gasteiger partial charge in [-0.05, 0) is 46.9 Å². The van der Waals surface area contributed by atoms with Gasteiger partial charge in [0.15, 0.2) is 0 Å². The highest BCUT2D eigenvalue weighted by Crippen LogP contribution is 2.17. The summed E-state index contributed by atoms with van der Waals surface area (Å²) in [5.74, 6) is 0.0449. The first-order valence-corrected chi connectivity index (χ1v) is 7.13. The second-order valence-electron chi connectivity index (χ2n) is 6.05. The SMILES string of the molecule is [2H]CN[C@@H](C)C(=O)Nc1ccc2c(cnn2C(=O)OC(C)(C)C)n1. The van der Waals surface area contributed by atoms with Gasteiger partial charge in [0.2, 0.25) is 5.91 Å². The summed E-state index contributed by atoms with van der Waals surface area (Å²) in [5, 5.41) is 9.33. The molecule has 2 heterocycles. The van der Waals surface area contributed by atoms with Crippen LogP contribution in [0.1, 0.15) is 29.1 Å². The summed E-state index contributed by atoms with van der Waals surface area (Å²) in [7, 11) is -0.0519. The lowest BCUT2D eigenvalue weighted by Gasteiger charge is -2.19. The topological polar surface area (TPSA) is 98.1 Å². The number of carbonyl (C=O) groups excluding carboxylic acids is 2. The van der Waals surface area contributed by atoms with E-state index in [9.17, 15) is 9.59 Å². The lowest BCUT2D eigenvalue weighted by atomic mass is 10.2. The molecule has 0 saturated heterocycles. The molecular weight excluding hydrogens is 298 g/mol. The van der Waals surface area contributed by atoms with Crippen molar-refractivity contribution in [3.8, 4) is 0 Å². The van der Waals surface area contributed by atoms with Crippen LogP contribution in [0.5, 0.6) is 0 Å². The maximum atomic E-state index is 12.1. The second-order valence-corrected chi connectivity index (χ2v) is 6.05. The van der Waals surface area contributed by atoms with Crippen LogP contribution in [0.2, 0.25) is 0 Å². The van der Waals surface area contributed by atoms with Crippen LogP contribution >= 0.6 is 0 Å². The fraction of sp³-hybridized carbons (Fsp3) is 0.467. The Labute approximate surface area is 135 Å². The predicted octanol–water partition coefficient (Wildman–Crippen LogP) is 1.76. The van der Waals surface area contributed by atoms with Crippen LogP contribution in [0.25, 0.3) is 11.0 Å². The number of nitrogens with zero attached hydrogens (tertiary/aromatic N) is 3. The molecular formula is C15H21N5O3. The largest absolute Gasteiger partial charge is 0.442 e. The molecule has 0 bridgehead atoms. The number of pyridine rings is 1. The highest BCUT2D eigenvalue weighted by Gasteiger charge is 2.20. The highest BCUT2D eigenvalue weighted by atomic mass is 16.6. The third-order valence-electron chi connectivity index (χ3n) is 2.94. The number of rotatable bonds is 3. The molecule has 8 heteroatoms. The van der Waals surface area contributed by atoms with Crippen molar-refractivity contribution in [1.29, 1.82) is 0 Å². The minimum absolute atomic E-state index is 0.0519. The molecule has 1 amide bonds. The van der Waals surface area contributed by atoms with E-state index in [2.05, 4.69) is 20.7 Å². The van der Waals surface area contributed by atoms with Gasteiger partial charge >= 0.3 is 6.09 Å². The van der Waals surface area contributed by atoms with Crippen LogP contribution in [0.4, 0.5) is 10.6 Å². The zero-order valence-electron chi connectivity index (χ0n) is 14.6. The van der Waals surface area contributed by atoms with Crippen LogP contribution < -0.4 is 10.6 Å². The van der Waals surface area contributed by atoms with E-state index in [0.717, 1.165) is 4.68 Å². The van der Waals surface area contributed by atoms with Gasteiger partial charge in [-0.2, -0.15) is 9.78 Å². The number of amides is 1. The first kappa shape index (κ1) is 15.4. The van der Waals surface area contributed by atoms with Crippen molar-refractivity contribution in [1.82, 2.24) is 20.1 Å². The third kappa shape index (κ3) is 4.04. The quantitative estimate of drug-likeness (QED) is 0.894. The fourth-order valence-corrected chi connectivity index (χ4v) is 1.76. The standard InChI is InChI=1S/C15H21N5O3/c1-9(16-5)13(21)19-12-7-6-11-10(18-12)8-17-20(11)14(22)23-15(2,3)4/h6-9,16H,1-5H3,(H,18,19,21)/t9-/m0/s1/i5D. The Bertz CT molecular complexity index is 753. The molecule has 0 aromatic carbocycles. The predicted molar refractivity (Wildman–Crippen MR) is 86.3 cm³/mol. The minimum atomic E-state index is -0.627. The number of likely N-dealkylation sites (N-methyl/N-ethyl adjacent to an activating group) is 1. The van der Waals surface area contributed by atoms with Gasteiger partial charge in [-0.15, -0.1) is 0 Å². The molecule has 124 valence electrons. The number of hydrogen-bond acceptors (Lipinski definition) is 6. The normalized spacial score (nSPS) is 13.5. The number of anilines is 1. The highest BCUT2D eigenvalue weighted by molar-refractivity contribution is 5.95. The molecule has 0 aliphatic heterocycles. The first-order valence-electron chi connectivity index (χ1n) is 7.83. The van der Waals surface area contributed by atoms with Crippen LogP contribution in [0.3, 0.4) is 0 Å². The van der Waals surface area contributed by atoms with E-state index in [1.54, 1.807) is 39.8 Å². The van der Waals surface area contributed by atoms with E-state index in [-0.39, 0.29) is 12.9 Å². The number of ether oxygens (including phenoxy) is 1. The molecule has 0 aliphatic rings. The Morgan fingerprint density at radius 1 is 1.39 bits per heavy atom. The zero-order chi connectivity index (χ0) is 17.9. The van der Waals surface area contributed by atoms with Gasteiger partial charge in [0, 0.05) is 1.37 Å². The van der Waals surface area contributed by atoms with Crippen molar-refractivity contribution in [3.63, 3.8) is 0 Å². The van der Waals surface area contributed by atoms with Crippen molar-refractivity contribution in [3.05, 3.63) is 18.3 Å². The molecule has 0 aliphatic carbocycles. The molecule has 0 fully saturated rings. The average Bonchev–Trinajstić information content (AvgIpc) is 2.88. The van der Waals surface area contributed by atoms with Crippen molar-refractivity contribution >= 4 is 28.9 Å². The van der Waals surface area contributed by atoms with Gasteiger partial charge in [-0.25, -0.2) is 9.78 Å². The number of nitrogens with one attached hydrogen (secondary N) is 2. The van der Waals surface area contributed by atoms with Gasteiger partial charge in [-0.3, -0.25) is 4.79 Å². The molecule has 2 aromatic heterocycles. The molecule has 2 aromatic rings. The van der Waals surface area contributed by atoms with E-state index in [1.165, 1.54) is 6.20 Å². The van der Waals surface area contributed by atoms with Gasteiger partial charge in [-0.1, -0.05) is 0 Å². The fourth-order valence-electron chi connectivity index (χ4n) is 1.76. The van der Waals surface area contributed by atoms with Crippen LogP contribution in [-0.2, 0) is 9.53 Å². The van der Waals surface area contributed by atoms with Crippen molar-refractivity contribution in [2.24, 2.45) is 0 Å². The van der Waals surface area contributed by atoms with Crippen LogP contribution in [0.15, 0.2) is 18.3 Å². The van der Waals surface area contributed by atoms with Crippen LogP contribution in [0, 0.1) is 0 Å². The molecule has 2 N–H and O–H groups in total. The zero-order valence-corrected chi connectivity index (χ0v) is 13.6. The molecule has 0 radical (unpaired) electrons. The molecule has 2 rings (SSSR count). The van der Waals surface area contributed by atoms with Crippen molar-refractivity contribution in [2.75, 3.05) is 12.3 Å². The maximum absolute atomic E-state index is 12.1. The van der Waals surface area contributed by atoms with Gasteiger partial charge in [0.25, 0.3) is 0 Å². The minimum Gasteiger partial charge on any atom is -0.442 e. The van der Waals surface area contributed by atoms with Crippen molar-refractivity contribution in [2.45, 2.75) is 39.3 Å². The van der Waals surface area contributed by atoms with E-state index < -0.39 is 17.7 Å². The van der Waals surface area contributed by atoms with E-state index in [0.29, 0.717) is 16.9 Å². The van der Waals surface area contributed by atoms with Crippen LogP contribution in [-0.4, -0.2) is 45.4 Å². The molecule has 23 heavy (non-hydrogen) atoms. The summed E-state index contributed by atoms with van der Waals surface area (Å²) in [6.45, 7) is 6.97. The summed E-state index contributed by atoms with van der Waals surface area (Å²) >= 11 is 0. The lowest BCUT2D eigenvalue weighted by molar-refractivity contribution is -0.117. The third-order valence-corrected chi connectivity index (χ3v) is 2.94. The number of hydrogen-bond donors (Lipinski definition) is 2. The molecule has 0 unspecified atom stereocenters. The van der Waals surface area contributed by atoms with E-state index in [4.69, 9.17) is 6.11 Å². The number of aromatic nitrogens is 3. The summed E-state index contributed by atoms with van der Waals surface area (Å²) < 4.78 is 13.5. The Hall–Kier alpha value is -2.48. The Kier molecular flexibility index (Phi) is 4.24.